The summed E-state index contributed by atoms with van der Waals surface area (Å²) in [4.78, 5) is 13.5. The number of rotatable bonds is 19. The topological polar surface area (TPSA) is 138 Å². The Morgan fingerprint density at radius 2 is 1.23 bits per heavy atom. The molecule has 4 unspecified atom stereocenters. The molecule has 0 aromatic heterocycles. The molecule has 0 bridgehead atoms. The van der Waals surface area contributed by atoms with Crippen LogP contribution in [0.1, 0.15) is 15.9 Å². The Morgan fingerprint density at radius 3 is 1.64 bits per heavy atom. The molecule has 214 valence electrons. The highest BCUT2D eigenvalue weighted by Crippen LogP contribution is 2.32. The molecule has 0 saturated carbocycles. The third-order valence-corrected chi connectivity index (χ3v) is 6.14. The van der Waals surface area contributed by atoms with Crippen molar-refractivity contribution in [3.05, 3.63) is 59.7 Å². The summed E-state index contributed by atoms with van der Waals surface area (Å²) in [6.45, 7) is 2.71. The lowest BCUT2D eigenvalue weighted by Gasteiger charge is -2.30. The van der Waals surface area contributed by atoms with Gasteiger partial charge in [0.15, 0.2) is 0 Å². The number of carbonyl (C=O) groups excluding carboxylic acids is 1. The Morgan fingerprint density at radius 1 is 0.795 bits per heavy atom. The zero-order valence-corrected chi connectivity index (χ0v) is 22.2. The van der Waals surface area contributed by atoms with E-state index in [4.69, 9.17) is 37.9 Å². The minimum absolute atomic E-state index is 0.0484. The first kappa shape index (κ1) is 29.4. The zero-order chi connectivity index (χ0) is 27.7. The van der Waals surface area contributed by atoms with Crippen molar-refractivity contribution in [3.8, 4) is 11.5 Å². The summed E-state index contributed by atoms with van der Waals surface area (Å²) >= 11 is 0. The summed E-state index contributed by atoms with van der Waals surface area (Å²) in [5.41, 5.74) is 0.817. The Bertz CT molecular complexity index is 1010. The monoisotopic (exact) mass is 548 g/mol. The second-order valence-corrected chi connectivity index (χ2v) is 9.32. The lowest BCUT2D eigenvalue weighted by Crippen LogP contribution is -2.40. The van der Waals surface area contributed by atoms with Crippen LogP contribution in [0.4, 0.5) is 0 Å². The molecule has 2 heterocycles. The maximum Gasteiger partial charge on any atom is 0.260 e. The fourth-order valence-corrected chi connectivity index (χ4v) is 3.78. The molecule has 0 spiro atoms. The second kappa shape index (κ2) is 14.1. The fourth-order valence-electron chi connectivity index (χ4n) is 3.78. The van der Waals surface area contributed by atoms with Crippen molar-refractivity contribution in [1.29, 1.82) is 0 Å². The van der Waals surface area contributed by atoms with Crippen LogP contribution in [-0.4, -0.2) is 107 Å². The number of Topliss-reactive ketones (excluding diaryl/α,β-unsaturated/α-hetero) is 1. The third-order valence-electron chi connectivity index (χ3n) is 6.14. The molecular weight excluding hydrogens is 512 g/mol. The quantitative estimate of drug-likeness (QED) is 0.149. The van der Waals surface area contributed by atoms with Gasteiger partial charge in [-0.05, 0) is 48.5 Å². The first-order valence-corrected chi connectivity index (χ1v) is 12.8. The van der Waals surface area contributed by atoms with E-state index in [1.807, 2.05) is 0 Å². The number of ether oxygens (including phenoxy) is 8. The highest BCUT2D eigenvalue weighted by atomic mass is 16.7. The number of carbonyl (C=O) groups is 1. The van der Waals surface area contributed by atoms with Crippen LogP contribution in [-0.2, 0) is 34.2 Å². The van der Waals surface area contributed by atoms with Crippen molar-refractivity contribution in [2.75, 3.05) is 67.1 Å². The number of hydrogen-bond acceptors (Lipinski definition) is 11. The summed E-state index contributed by atoms with van der Waals surface area (Å²) in [5, 5.41) is 20.0. The Balaban J connectivity index is 1.29. The van der Waals surface area contributed by atoms with Crippen LogP contribution in [0.2, 0.25) is 0 Å². The van der Waals surface area contributed by atoms with Crippen LogP contribution in [0.15, 0.2) is 48.5 Å². The van der Waals surface area contributed by atoms with Gasteiger partial charge >= 0.3 is 0 Å². The maximum absolute atomic E-state index is 13.5. The first-order chi connectivity index (χ1) is 18.9. The molecule has 0 aliphatic carbocycles. The molecule has 2 N–H and O–H groups in total. The molecule has 2 saturated heterocycles. The molecule has 4 rings (SSSR count). The molecule has 11 nitrogen and oxygen atoms in total. The summed E-state index contributed by atoms with van der Waals surface area (Å²) in [6, 6.07) is 13.2. The van der Waals surface area contributed by atoms with Gasteiger partial charge in [0.25, 0.3) is 5.79 Å². The molecule has 2 aromatic carbocycles. The number of aliphatic hydroxyl groups excluding tert-OH is 2. The molecule has 39 heavy (non-hydrogen) atoms. The average Bonchev–Trinajstić information content (AvgIpc) is 3.89. The van der Waals surface area contributed by atoms with Gasteiger partial charge in [-0.3, -0.25) is 4.79 Å². The number of aliphatic hydroxyl groups is 2. The Labute approximate surface area is 227 Å². The van der Waals surface area contributed by atoms with Crippen LogP contribution >= 0.6 is 0 Å². The number of ketones is 1. The molecule has 2 fully saturated rings. The van der Waals surface area contributed by atoms with Crippen molar-refractivity contribution >= 4 is 5.78 Å². The fraction of sp³-hybridized carbons (Fsp3) is 0.536. The van der Waals surface area contributed by atoms with Gasteiger partial charge in [0.1, 0.15) is 49.1 Å². The number of benzene rings is 2. The minimum atomic E-state index is -1.68. The smallest absolute Gasteiger partial charge is 0.260 e. The van der Waals surface area contributed by atoms with Gasteiger partial charge in [0.05, 0.1) is 39.6 Å². The maximum atomic E-state index is 13.5. The van der Waals surface area contributed by atoms with E-state index in [0.29, 0.717) is 49.1 Å². The predicted octanol–water partition coefficient (Wildman–Crippen LogP) is 1.33. The highest BCUT2D eigenvalue weighted by Gasteiger charge is 2.41. The van der Waals surface area contributed by atoms with Crippen molar-refractivity contribution in [2.45, 2.75) is 30.2 Å². The van der Waals surface area contributed by atoms with E-state index in [2.05, 4.69) is 0 Å². The highest BCUT2D eigenvalue weighted by molar-refractivity contribution is 6.02. The van der Waals surface area contributed by atoms with Gasteiger partial charge < -0.3 is 48.1 Å². The van der Waals surface area contributed by atoms with Gasteiger partial charge in [-0.2, -0.15) is 0 Å². The molecule has 0 radical (unpaired) electrons. The Kier molecular flexibility index (Phi) is 10.7. The van der Waals surface area contributed by atoms with Crippen LogP contribution in [0.25, 0.3) is 0 Å². The Hall–Kier alpha value is -2.61. The summed E-state index contributed by atoms with van der Waals surface area (Å²) in [6.07, 6.45) is -1.30. The molecule has 2 aromatic rings. The van der Waals surface area contributed by atoms with Crippen LogP contribution in [0.5, 0.6) is 11.5 Å². The number of hydrogen-bond donors (Lipinski definition) is 2. The average molecular weight is 549 g/mol. The molecule has 0 amide bonds. The van der Waals surface area contributed by atoms with Gasteiger partial charge in [0.2, 0.25) is 5.78 Å². The van der Waals surface area contributed by atoms with Crippen LogP contribution in [0, 0.1) is 0 Å². The van der Waals surface area contributed by atoms with Gasteiger partial charge in [-0.1, -0.05) is 0 Å². The standard InChI is InChI=1S/C28H36O11/c1-32-28(33-2,20-5-9-24(10-6-20)37-14-22(30)12-35-16-26-18-39-26)27(31)19-3-7-23(8-4-19)36-13-21(29)11-34-15-25-17-38-25/h3-10,21-22,25-26,29-30H,11-18H2,1-2H3. The van der Waals surface area contributed by atoms with E-state index in [9.17, 15) is 15.0 Å². The van der Waals surface area contributed by atoms with Crippen molar-refractivity contribution < 1.29 is 52.9 Å². The largest absolute Gasteiger partial charge is 0.491 e. The molecule has 11 heteroatoms. The second-order valence-electron chi connectivity index (χ2n) is 9.32. The normalized spacial score (nSPS) is 19.8. The lowest BCUT2D eigenvalue weighted by molar-refractivity contribution is -0.176. The third kappa shape index (κ3) is 8.69. The zero-order valence-electron chi connectivity index (χ0n) is 22.2. The van der Waals surface area contributed by atoms with E-state index >= 15 is 0 Å². The molecular formula is C28H36O11. The summed E-state index contributed by atoms with van der Waals surface area (Å²) in [7, 11) is 2.79. The van der Waals surface area contributed by atoms with Crippen molar-refractivity contribution in [1.82, 2.24) is 0 Å². The van der Waals surface area contributed by atoms with E-state index in [0.717, 1.165) is 0 Å². The summed E-state index contributed by atoms with van der Waals surface area (Å²) < 4.78 is 43.3. The van der Waals surface area contributed by atoms with E-state index in [1.165, 1.54) is 14.2 Å². The number of epoxide rings is 2. The minimum Gasteiger partial charge on any atom is -0.491 e. The molecule has 2 aliphatic rings. The molecule has 2 aliphatic heterocycles. The van der Waals surface area contributed by atoms with E-state index < -0.39 is 23.8 Å². The first-order valence-electron chi connectivity index (χ1n) is 12.8. The van der Waals surface area contributed by atoms with Crippen molar-refractivity contribution in [2.24, 2.45) is 0 Å². The molecule has 4 atom stereocenters. The lowest BCUT2D eigenvalue weighted by atomic mass is 9.95. The van der Waals surface area contributed by atoms with Gasteiger partial charge in [-0.15, -0.1) is 0 Å². The van der Waals surface area contributed by atoms with Gasteiger partial charge in [0, 0.05) is 25.3 Å². The van der Waals surface area contributed by atoms with Gasteiger partial charge in [-0.25, -0.2) is 0 Å². The van der Waals surface area contributed by atoms with E-state index in [1.54, 1.807) is 48.5 Å². The predicted molar refractivity (Wildman–Crippen MR) is 137 cm³/mol. The van der Waals surface area contributed by atoms with Crippen LogP contribution < -0.4 is 9.47 Å². The summed E-state index contributed by atoms with van der Waals surface area (Å²) in [5.74, 6) is -1.09. The van der Waals surface area contributed by atoms with Crippen molar-refractivity contribution in [3.63, 3.8) is 0 Å². The SMILES string of the molecule is COC(OC)(C(=O)c1ccc(OCC(O)COCC2CO2)cc1)c1ccc(OCC(O)COCC2CO2)cc1. The van der Waals surface area contributed by atoms with Crippen LogP contribution in [0.3, 0.4) is 0 Å². The number of methoxy groups -OCH3 is 2. The van der Waals surface area contributed by atoms with E-state index in [-0.39, 0.29) is 38.6 Å².